The highest BCUT2D eigenvalue weighted by Crippen LogP contribution is 2.31. The number of pyridine rings is 1. The maximum atomic E-state index is 12.8. The molecule has 2 aromatic rings. The van der Waals surface area contributed by atoms with Gasteiger partial charge in [0, 0.05) is 19.3 Å². The minimum atomic E-state index is -4.57. The molecule has 0 aliphatic carbocycles. The Hall–Kier alpha value is -3.45. The summed E-state index contributed by atoms with van der Waals surface area (Å²) in [4.78, 5) is 26.0. The normalized spacial score (nSPS) is 15.1. The molecule has 176 valence electrons. The SMILES string of the molecule is O=C(O)CNC(=O)c1ncc(C2=CCN(S(=O)(=O)c3ccc(C(F)(F)F)cc3)CC2)cc1O. The van der Waals surface area contributed by atoms with Gasteiger partial charge in [-0.25, -0.2) is 13.4 Å². The molecule has 0 fully saturated rings. The Labute approximate surface area is 186 Å². The quantitative estimate of drug-likeness (QED) is 0.570. The van der Waals surface area contributed by atoms with Crippen molar-refractivity contribution in [1.82, 2.24) is 14.6 Å². The van der Waals surface area contributed by atoms with E-state index in [0.717, 1.165) is 16.4 Å². The van der Waals surface area contributed by atoms with Crippen molar-refractivity contribution in [3.63, 3.8) is 0 Å². The molecule has 0 atom stereocenters. The second-order valence-corrected chi connectivity index (χ2v) is 8.97. The highest BCUT2D eigenvalue weighted by Gasteiger charge is 2.32. The third-order valence-electron chi connectivity index (χ3n) is 4.84. The zero-order valence-corrected chi connectivity index (χ0v) is 17.7. The molecular weight excluding hydrogens is 467 g/mol. The third-order valence-corrected chi connectivity index (χ3v) is 6.72. The first-order chi connectivity index (χ1) is 15.4. The number of carboxylic acid groups (broad SMARTS) is 1. The summed E-state index contributed by atoms with van der Waals surface area (Å²) >= 11 is 0. The Morgan fingerprint density at radius 1 is 1.18 bits per heavy atom. The zero-order chi connectivity index (χ0) is 24.4. The molecule has 0 radical (unpaired) electrons. The monoisotopic (exact) mass is 485 g/mol. The topological polar surface area (TPSA) is 137 Å². The zero-order valence-electron chi connectivity index (χ0n) is 16.8. The Kier molecular flexibility index (Phi) is 6.74. The van der Waals surface area contributed by atoms with Crippen LogP contribution in [0.25, 0.3) is 5.57 Å². The number of amides is 1. The van der Waals surface area contributed by atoms with Gasteiger partial charge in [0.2, 0.25) is 10.0 Å². The second kappa shape index (κ2) is 9.19. The lowest BCUT2D eigenvalue weighted by atomic mass is 10.0. The summed E-state index contributed by atoms with van der Waals surface area (Å²) in [5.41, 5.74) is -0.222. The number of carbonyl (C=O) groups excluding carboxylic acids is 1. The number of hydrogen-bond donors (Lipinski definition) is 3. The molecule has 3 rings (SSSR count). The number of carboxylic acids is 1. The molecule has 3 N–H and O–H groups in total. The van der Waals surface area contributed by atoms with Crippen LogP contribution in [0.1, 0.15) is 28.0 Å². The fourth-order valence-electron chi connectivity index (χ4n) is 3.14. The number of alkyl halides is 3. The molecule has 1 aromatic heterocycles. The summed E-state index contributed by atoms with van der Waals surface area (Å²) < 4.78 is 64.7. The van der Waals surface area contributed by atoms with E-state index < -0.39 is 45.9 Å². The number of aliphatic carboxylic acids is 1. The van der Waals surface area contributed by atoms with Gasteiger partial charge in [0.15, 0.2) is 5.69 Å². The fourth-order valence-corrected chi connectivity index (χ4v) is 4.52. The fraction of sp³-hybridized carbons (Fsp3) is 0.250. The van der Waals surface area contributed by atoms with Crippen LogP contribution in [0.5, 0.6) is 5.75 Å². The van der Waals surface area contributed by atoms with E-state index in [4.69, 9.17) is 5.11 Å². The number of benzene rings is 1. The molecule has 13 heteroatoms. The second-order valence-electron chi connectivity index (χ2n) is 7.03. The standard InChI is InChI=1S/C20H18F3N3O6S/c21-20(22,23)14-1-3-15(4-2-14)33(31,32)26-7-5-12(6-8-26)13-9-16(27)18(24-10-13)19(30)25-11-17(28)29/h1-5,9-10,27H,6-8,11H2,(H,25,30)(H,28,29). The maximum absolute atomic E-state index is 12.8. The molecule has 0 unspecified atom stereocenters. The molecule has 0 spiro atoms. The molecule has 33 heavy (non-hydrogen) atoms. The van der Waals surface area contributed by atoms with Gasteiger partial charge >= 0.3 is 12.1 Å². The minimum absolute atomic E-state index is 0.0385. The van der Waals surface area contributed by atoms with Crippen molar-refractivity contribution in [2.75, 3.05) is 19.6 Å². The van der Waals surface area contributed by atoms with Gasteiger partial charge in [-0.2, -0.15) is 17.5 Å². The van der Waals surface area contributed by atoms with Crippen LogP contribution >= 0.6 is 0 Å². The summed E-state index contributed by atoms with van der Waals surface area (Å²) in [5.74, 6) is -2.60. The molecule has 1 aliphatic rings. The predicted octanol–water partition coefficient (Wildman–Crippen LogP) is 2.10. The van der Waals surface area contributed by atoms with Crippen LogP contribution in [0.15, 0.2) is 47.5 Å². The van der Waals surface area contributed by atoms with Gasteiger partial charge in [-0.3, -0.25) is 9.59 Å². The number of sulfonamides is 1. The number of aromatic hydroxyl groups is 1. The first-order valence-electron chi connectivity index (χ1n) is 9.45. The Balaban J connectivity index is 1.73. The van der Waals surface area contributed by atoms with Crippen LogP contribution in [-0.4, -0.2) is 59.4 Å². The van der Waals surface area contributed by atoms with Crippen molar-refractivity contribution >= 4 is 27.5 Å². The lowest BCUT2D eigenvalue weighted by molar-refractivity contribution is -0.138. The summed E-state index contributed by atoms with van der Waals surface area (Å²) in [7, 11) is -4.01. The molecule has 9 nitrogen and oxygen atoms in total. The van der Waals surface area contributed by atoms with E-state index in [1.165, 1.54) is 12.3 Å². The van der Waals surface area contributed by atoms with Gasteiger partial charge < -0.3 is 15.5 Å². The van der Waals surface area contributed by atoms with Gasteiger partial charge in [0.1, 0.15) is 12.3 Å². The molecule has 1 aromatic carbocycles. The predicted molar refractivity (Wildman–Crippen MR) is 109 cm³/mol. The lowest BCUT2D eigenvalue weighted by Crippen LogP contribution is -2.34. The van der Waals surface area contributed by atoms with E-state index >= 15 is 0 Å². The lowest BCUT2D eigenvalue weighted by Gasteiger charge is -2.26. The summed E-state index contributed by atoms with van der Waals surface area (Å²) in [6.45, 7) is -0.660. The molecule has 2 heterocycles. The number of carbonyl (C=O) groups is 2. The summed E-state index contributed by atoms with van der Waals surface area (Å²) in [6, 6.07) is 4.50. The van der Waals surface area contributed by atoms with E-state index in [1.807, 2.05) is 0 Å². The Morgan fingerprint density at radius 3 is 2.36 bits per heavy atom. The van der Waals surface area contributed by atoms with Crippen LogP contribution in [-0.2, 0) is 21.0 Å². The van der Waals surface area contributed by atoms with E-state index in [1.54, 1.807) is 6.08 Å². The van der Waals surface area contributed by atoms with E-state index in [9.17, 15) is 36.3 Å². The molecule has 1 aliphatic heterocycles. The van der Waals surface area contributed by atoms with Crippen molar-refractivity contribution < 1.29 is 41.4 Å². The highest BCUT2D eigenvalue weighted by molar-refractivity contribution is 7.89. The third kappa shape index (κ3) is 5.49. The highest BCUT2D eigenvalue weighted by atomic mass is 32.2. The van der Waals surface area contributed by atoms with Crippen LogP contribution in [0.4, 0.5) is 13.2 Å². The van der Waals surface area contributed by atoms with Gasteiger partial charge in [-0.05, 0) is 47.9 Å². The first-order valence-corrected chi connectivity index (χ1v) is 10.9. The van der Waals surface area contributed by atoms with Gasteiger partial charge in [-0.15, -0.1) is 0 Å². The van der Waals surface area contributed by atoms with E-state index in [0.29, 0.717) is 23.3 Å². The average molecular weight is 485 g/mol. The molecular formula is C20H18F3N3O6S. The molecule has 0 bridgehead atoms. The average Bonchev–Trinajstić information content (AvgIpc) is 2.77. The van der Waals surface area contributed by atoms with Gasteiger partial charge in [0.05, 0.1) is 10.5 Å². The molecule has 1 amide bonds. The molecule has 0 saturated carbocycles. The van der Waals surface area contributed by atoms with Gasteiger partial charge in [-0.1, -0.05) is 6.08 Å². The van der Waals surface area contributed by atoms with Crippen LogP contribution in [0.3, 0.4) is 0 Å². The Bertz CT molecular complexity index is 1210. The smallest absolute Gasteiger partial charge is 0.416 e. The van der Waals surface area contributed by atoms with Crippen molar-refractivity contribution in [2.45, 2.75) is 17.5 Å². The van der Waals surface area contributed by atoms with Gasteiger partial charge in [0.25, 0.3) is 5.91 Å². The van der Waals surface area contributed by atoms with Crippen LogP contribution in [0.2, 0.25) is 0 Å². The van der Waals surface area contributed by atoms with Crippen molar-refractivity contribution in [3.05, 3.63) is 59.4 Å². The number of hydrogen-bond acceptors (Lipinski definition) is 6. The van der Waals surface area contributed by atoms with Crippen molar-refractivity contribution in [2.24, 2.45) is 0 Å². The summed E-state index contributed by atoms with van der Waals surface area (Å²) in [6.07, 6.45) is -1.48. The van der Waals surface area contributed by atoms with Crippen LogP contribution in [0, 0.1) is 0 Å². The van der Waals surface area contributed by atoms with Crippen molar-refractivity contribution in [1.29, 1.82) is 0 Å². The largest absolute Gasteiger partial charge is 0.505 e. The molecule has 0 saturated heterocycles. The minimum Gasteiger partial charge on any atom is -0.505 e. The first kappa shape index (κ1) is 24.2. The Morgan fingerprint density at radius 2 is 1.85 bits per heavy atom. The number of nitrogens with one attached hydrogen (secondary N) is 1. The maximum Gasteiger partial charge on any atom is 0.416 e. The number of halogens is 3. The van der Waals surface area contributed by atoms with E-state index in [-0.39, 0.29) is 30.1 Å². The number of rotatable bonds is 6. The van der Waals surface area contributed by atoms with Crippen LogP contribution < -0.4 is 5.32 Å². The summed E-state index contributed by atoms with van der Waals surface area (Å²) in [5, 5.41) is 20.8. The van der Waals surface area contributed by atoms with E-state index in [2.05, 4.69) is 10.3 Å². The van der Waals surface area contributed by atoms with Crippen molar-refractivity contribution in [3.8, 4) is 5.75 Å². The number of aromatic nitrogens is 1. The number of nitrogens with zero attached hydrogens (tertiary/aromatic N) is 2.